The van der Waals surface area contributed by atoms with E-state index in [0.717, 1.165) is 0 Å². The number of hydrogen-bond acceptors (Lipinski definition) is 4. The predicted molar refractivity (Wildman–Crippen MR) is 154 cm³/mol. The molecule has 0 spiro atoms. The maximum Gasteiger partial charge on any atom is 0.418 e. The fourth-order valence-electron chi connectivity index (χ4n) is 8.51. The number of anilines is 1. The molecule has 1 heterocycles. The molecule has 1 saturated heterocycles. The summed E-state index contributed by atoms with van der Waals surface area (Å²) in [6.07, 6.45) is -5.17. The van der Waals surface area contributed by atoms with Crippen LogP contribution in [0.2, 0.25) is 0 Å². The lowest BCUT2D eigenvalue weighted by molar-refractivity contribution is -0.141. The number of rotatable bonds is 2. The van der Waals surface area contributed by atoms with Crippen molar-refractivity contribution in [1.82, 2.24) is 4.90 Å². The van der Waals surface area contributed by atoms with E-state index in [1.165, 1.54) is 0 Å². The monoisotopic (exact) mass is 642 g/mol. The van der Waals surface area contributed by atoms with Crippen LogP contribution in [0.25, 0.3) is 0 Å². The Bertz CT molecular complexity index is 1410. The van der Waals surface area contributed by atoms with Crippen molar-refractivity contribution in [3.63, 3.8) is 0 Å². The summed E-state index contributed by atoms with van der Waals surface area (Å²) < 4.78 is 87.2. The van der Waals surface area contributed by atoms with Crippen LogP contribution in [0.4, 0.5) is 36.8 Å². The van der Waals surface area contributed by atoms with Gasteiger partial charge in [0.1, 0.15) is 5.60 Å². The molecule has 2 amide bonds. The average Bonchev–Trinajstić information content (AvgIpc) is 3.00. The molecular weight excluding hydrogens is 602 g/mol. The second kappa shape index (κ2) is 11.0. The molecule has 4 aliphatic rings. The molecule has 12 heteroatoms. The van der Waals surface area contributed by atoms with E-state index in [0.29, 0.717) is 75.4 Å². The highest BCUT2D eigenvalue weighted by Gasteiger charge is 2.58. The molecule has 3 aliphatic carbocycles. The van der Waals surface area contributed by atoms with Gasteiger partial charge in [-0.1, -0.05) is 13.8 Å². The van der Waals surface area contributed by atoms with Crippen LogP contribution in [-0.2, 0) is 26.7 Å². The average molecular weight is 643 g/mol. The van der Waals surface area contributed by atoms with Crippen molar-refractivity contribution >= 4 is 23.5 Å². The number of nitrogens with zero attached hydrogens (tertiary/aromatic N) is 1. The van der Waals surface area contributed by atoms with Crippen LogP contribution in [0.1, 0.15) is 90.7 Å². The van der Waals surface area contributed by atoms with Gasteiger partial charge < -0.3 is 10.1 Å². The van der Waals surface area contributed by atoms with Crippen LogP contribution in [0.3, 0.4) is 0 Å². The maximum absolute atomic E-state index is 13.8. The van der Waals surface area contributed by atoms with Crippen LogP contribution in [0.15, 0.2) is 30.0 Å². The maximum atomic E-state index is 13.8. The fourth-order valence-corrected chi connectivity index (χ4v) is 8.51. The Morgan fingerprint density at radius 1 is 0.978 bits per heavy atom. The quantitative estimate of drug-likeness (QED) is 0.328. The summed E-state index contributed by atoms with van der Waals surface area (Å²) >= 11 is 0. The van der Waals surface area contributed by atoms with Gasteiger partial charge in [-0.25, -0.2) is 4.79 Å². The summed E-state index contributed by atoms with van der Waals surface area (Å²) in [5.74, 6) is -1.29. The second-order valence-corrected chi connectivity index (χ2v) is 14.8. The number of ketones is 1. The highest BCUT2D eigenvalue weighted by atomic mass is 19.4. The predicted octanol–water partition coefficient (Wildman–Crippen LogP) is 8.62. The first kappa shape index (κ1) is 33.3. The zero-order chi connectivity index (χ0) is 33.3. The van der Waals surface area contributed by atoms with Crippen LogP contribution >= 0.6 is 0 Å². The van der Waals surface area contributed by atoms with E-state index in [1.807, 2.05) is 6.92 Å². The van der Waals surface area contributed by atoms with Crippen molar-refractivity contribution in [3.05, 3.63) is 41.1 Å². The molecule has 5 rings (SSSR count). The number of benzene rings is 1. The van der Waals surface area contributed by atoms with Gasteiger partial charge in [0, 0.05) is 36.1 Å². The van der Waals surface area contributed by atoms with Gasteiger partial charge in [-0.2, -0.15) is 26.3 Å². The normalized spacial score (nSPS) is 32.1. The van der Waals surface area contributed by atoms with E-state index in [-0.39, 0.29) is 23.5 Å². The first-order chi connectivity index (χ1) is 20.6. The third kappa shape index (κ3) is 6.35. The smallest absolute Gasteiger partial charge is 0.418 e. The van der Waals surface area contributed by atoms with Gasteiger partial charge in [0.2, 0.25) is 5.91 Å². The summed E-state index contributed by atoms with van der Waals surface area (Å²) in [4.78, 5) is 41.3. The second-order valence-electron chi connectivity index (χ2n) is 14.8. The molecule has 6 nitrogen and oxygen atoms in total. The van der Waals surface area contributed by atoms with Crippen LogP contribution in [-0.4, -0.2) is 34.8 Å². The fraction of sp³-hybridized carbons (Fsp3) is 0.667. The molecular formula is C33H40F6N2O4. The Morgan fingerprint density at radius 3 is 2.29 bits per heavy atom. The largest absolute Gasteiger partial charge is 0.443 e. The summed E-state index contributed by atoms with van der Waals surface area (Å²) in [6.45, 7) is 9.69. The molecule has 1 aromatic rings. The molecule has 45 heavy (non-hydrogen) atoms. The third-order valence-corrected chi connectivity index (χ3v) is 10.7. The Hall–Kier alpha value is -3.05. The molecule has 0 radical (unpaired) electrons. The summed E-state index contributed by atoms with van der Waals surface area (Å²) in [5.41, 5.74) is -4.76. The first-order valence-corrected chi connectivity index (χ1v) is 15.5. The van der Waals surface area contributed by atoms with Gasteiger partial charge in [-0.15, -0.1) is 0 Å². The molecule has 5 unspecified atom stereocenters. The summed E-state index contributed by atoms with van der Waals surface area (Å²) in [5, 5.41) is 2.24. The minimum Gasteiger partial charge on any atom is -0.443 e. The van der Waals surface area contributed by atoms with Gasteiger partial charge >= 0.3 is 18.4 Å². The SMILES string of the molecule is CC(C)(C)OC(=O)N1CC2C3CCC(C(=O)Nc4cc(C(F)(F)F)ccc4C(F)(F)F)[C@@](C)(CCC2C2(C)CCC(=O)C=C12)C3. The first-order valence-electron chi connectivity index (χ1n) is 15.5. The lowest BCUT2D eigenvalue weighted by Gasteiger charge is -2.55. The Labute approximate surface area is 258 Å². The molecule has 2 bridgehead atoms. The van der Waals surface area contributed by atoms with Gasteiger partial charge in [0.25, 0.3) is 0 Å². The third-order valence-electron chi connectivity index (χ3n) is 10.7. The number of nitrogens with one attached hydrogen (secondary N) is 1. The zero-order valence-corrected chi connectivity index (χ0v) is 26.1. The Kier molecular flexibility index (Phi) is 8.17. The van der Waals surface area contributed by atoms with E-state index >= 15 is 0 Å². The highest BCUT2D eigenvalue weighted by Crippen LogP contribution is 2.62. The molecule has 6 atom stereocenters. The van der Waals surface area contributed by atoms with Gasteiger partial charge in [0.15, 0.2) is 5.78 Å². The Morgan fingerprint density at radius 2 is 1.67 bits per heavy atom. The molecule has 2 saturated carbocycles. The molecule has 1 aliphatic heterocycles. The topological polar surface area (TPSA) is 75.7 Å². The summed E-state index contributed by atoms with van der Waals surface area (Å²) in [7, 11) is 0. The number of ether oxygens (including phenoxy) is 1. The number of allylic oxidation sites excluding steroid dienone is 2. The number of alkyl halides is 6. The number of piperidine rings is 1. The van der Waals surface area contributed by atoms with Crippen molar-refractivity contribution in [2.75, 3.05) is 11.9 Å². The lowest BCUT2D eigenvalue weighted by Crippen LogP contribution is -2.56. The van der Waals surface area contributed by atoms with Gasteiger partial charge in [-0.05, 0) is 101 Å². The van der Waals surface area contributed by atoms with E-state index in [9.17, 15) is 40.7 Å². The molecule has 1 N–H and O–H groups in total. The summed E-state index contributed by atoms with van der Waals surface area (Å²) in [6, 6.07) is 1.06. The van der Waals surface area contributed by atoms with Gasteiger partial charge in [0.05, 0.1) is 16.8 Å². The number of amides is 2. The number of carbonyl (C=O) groups is 3. The number of likely N-dealkylation sites (tertiary alicyclic amines) is 1. The lowest BCUT2D eigenvalue weighted by atomic mass is 9.57. The van der Waals surface area contributed by atoms with Crippen molar-refractivity contribution in [2.24, 2.45) is 34.5 Å². The van der Waals surface area contributed by atoms with Crippen molar-refractivity contribution < 1.29 is 45.5 Å². The number of fused-ring (bicyclic) bond motifs is 6. The van der Waals surface area contributed by atoms with E-state index in [4.69, 9.17) is 4.74 Å². The van der Waals surface area contributed by atoms with Crippen molar-refractivity contribution in [2.45, 2.75) is 97.5 Å². The number of halogens is 6. The molecule has 1 aromatic carbocycles. The van der Waals surface area contributed by atoms with E-state index < -0.39 is 63.5 Å². The molecule has 0 aromatic heterocycles. The number of carbonyl (C=O) groups excluding carboxylic acids is 3. The zero-order valence-electron chi connectivity index (χ0n) is 26.1. The molecule has 248 valence electrons. The van der Waals surface area contributed by atoms with Crippen LogP contribution < -0.4 is 5.32 Å². The molecule has 3 fully saturated rings. The van der Waals surface area contributed by atoms with E-state index in [2.05, 4.69) is 12.2 Å². The van der Waals surface area contributed by atoms with Gasteiger partial charge in [-0.3, -0.25) is 14.5 Å². The number of hydrogen-bond donors (Lipinski definition) is 1. The van der Waals surface area contributed by atoms with Crippen molar-refractivity contribution in [3.8, 4) is 0 Å². The minimum atomic E-state index is -4.96. The highest BCUT2D eigenvalue weighted by molar-refractivity contribution is 5.94. The Balaban J connectivity index is 1.44. The minimum absolute atomic E-state index is 0.0407. The standard InChI is InChI=1S/C33H40F6N2O4/c1-29(2,3)45-28(44)41-17-21-18-6-8-24(27(43)40-25-14-19(32(34,35)36)7-9-23(25)33(37,38)39)30(4,16-18)12-11-22(21)31(5)13-10-20(42)15-26(31)41/h7,9,14-15,18,21-22,24H,6,8,10-13,16-17H2,1-5H3,(H,40,43)/t18?,21?,22?,24?,30-,31?/m0/s1. The van der Waals surface area contributed by atoms with Crippen LogP contribution in [0.5, 0.6) is 0 Å². The van der Waals surface area contributed by atoms with Crippen LogP contribution in [0, 0.1) is 34.5 Å². The van der Waals surface area contributed by atoms with Crippen molar-refractivity contribution in [1.29, 1.82) is 0 Å². The van der Waals surface area contributed by atoms with E-state index in [1.54, 1.807) is 31.7 Å².